The maximum Gasteiger partial charge on any atom is 0.268 e. The van der Waals surface area contributed by atoms with Crippen LogP contribution in [0.1, 0.15) is 11.5 Å². The molecule has 0 aliphatic rings. The highest BCUT2D eigenvalue weighted by atomic mass is 127. The summed E-state index contributed by atoms with van der Waals surface area (Å²) in [6, 6.07) is 3.69. The molecule has 2 heterocycles. The average molecular weight is 351 g/mol. The lowest BCUT2D eigenvalue weighted by Crippen LogP contribution is -2.23. The third-order valence-corrected chi connectivity index (χ3v) is 3.64. The van der Waals surface area contributed by atoms with Crippen molar-refractivity contribution in [1.82, 2.24) is 9.55 Å². The van der Waals surface area contributed by atoms with Crippen molar-refractivity contribution in [2.24, 2.45) is 0 Å². The minimum absolute atomic E-state index is 0.158. The number of halogens is 2. The summed E-state index contributed by atoms with van der Waals surface area (Å²) >= 11 is 7.62. The van der Waals surface area contributed by atoms with Crippen LogP contribution in [0.5, 0.6) is 0 Å². The molecule has 0 N–H and O–H groups in total. The van der Waals surface area contributed by atoms with Gasteiger partial charge in [-0.2, -0.15) is 0 Å². The van der Waals surface area contributed by atoms with Gasteiger partial charge in [0.25, 0.3) is 5.56 Å². The van der Waals surface area contributed by atoms with Crippen molar-refractivity contribution in [3.05, 3.63) is 49.1 Å². The first-order valence-corrected chi connectivity index (χ1v) is 5.99. The van der Waals surface area contributed by atoms with Crippen LogP contribution in [0.3, 0.4) is 0 Å². The maximum atomic E-state index is 11.8. The van der Waals surface area contributed by atoms with E-state index in [9.17, 15) is 4.79 Å². The highest BCUT2D eigenvalue weighted by molar-refractivity contribution is 14.1. The Morgan fingerprint density at radius 2 is 2.31 bits per heavy atom. The van der Waals surface area contributed by atoms with Crippen LogP contribution in [0.4, 0.5) is 0 Å². The molecule has 0 aliphatic heterocycles. The molecule has 0 aliphatic carbocycles. The van der Waals surface area contributed by atoms with Crippen molar-refractivity contribution in [1.29, 1.82) is 0 Å². The molecule has 0 amide bonds. The summed E-state index contributed by atoms with van der Waals surface area (Å²) in [5.74, 6) is 1.54. The van der Waals surface area contributed by atoms with Crippen LogP contribution in [-0.4, -0.2) is 9.55 Å². The van der Waals surface area contributed by atoms with Crippen molar-refractivity contribution in [3.8, 4) is 0 Å². The maximum absolute atomic E-state index is 11.8. The molecule has 0 atom stereocenters. The van der Waals surface area contributed by atoms with E-state index in [1.165, 1.54) is 10.9 Å². The summed E-state index contributed by atoms with van der Waals surface area (Å²) in [6.45, 7) is 2.23. The zero-order chi connectivity index (χ0) is 11.7. The van der Waals surface area contributed by atoms with Gasteiger partial charge in [-0.1, -0.05) is 11.6 Å². The Balaban J connectivity index is 2.36. The van der Waals surface area contributed by atoms with Gasteiger partial charge in [0, 0.05) is 0 Å². The molecule has 4 nitrogen and oxygen atoms in total. The van der Waals surface area contributed by atoms with E-state index in [-0.39, 0.29) is 10.7 Å². The number of aryl methyl sites for hydroxylation is 1. The summed E-state index contributed by atoms with van der Waals surface area (Å²) in [7, 11) is 0. The first-order chi connectivity index (χ1) is 7.58. The molecule has 84 valence electrons. The lowest BCUT2D eigenvalue weighted by atomic mass is 10.4. The summed E-state index contributed by atoms with van der Waals surface area (Å²) in [5, 5.41) is 0.234. The fourth-order valence-electron chi connectivity index (χ4n) is 1.29. The Morgan fingerprint density at radius 1 is 1.56 bits per heavy atom. The number of aromatic nitrogens is 2. The Morgan fingerprint density at radius 3 is 2.94 bits per heavy atom. The van der Waals surface area contributed by atoms with E-state index in [4.69, 9.17) is 16.0 Å². The predicted molar refractivity (Wildman–Crippen MR) is 68.8 cm³/mol. The van der Waals surface area contributed by atoms with E-state index in [1.54, 1.807) is 0 Å². The van der Waals surface area contributed by atoms with Crippen molar-refractivity contribution in [2.75, 3.05) is 0 Å². The summed E-state index contributed by atoms with van der Waals surface area (Å²) in [4.78, 5) is 15.7. The van der Waals surface area contributed by atoms with Crippen molar-refractivity contribution >= 4 is 34.2 Å². The molecule has 0 fully saturated rings. The second-order valence-electron chi connectivity index (χ2n) is 3.29. The van der Waals surface area contributed by atoms with Crippen LogP contribution in [-0.2, 0) is 6.54 Å². The van der Waals surface area contributed by atoms with E-state index in [0.717, 1.165) is 11.5 Å². The second kappa shape index (κ2) is 4.58. The second-order valence-corrected chi connectivity index (χ2v) is 4.73. The molecule has 0 saturated heterocycles. The van der Waals surface area contributed by atoms with E-state index < -0.39 is 0 Å². The molecule has 0 radical (unpaired) electrons. The van der Waals surface area contributed by atoms with Gasteiger partial charge >= 0.3 is 0 Å². The normalized spacial score (nSPS) is 10.7. The molecule has 0 saturated carbocycles. The zero-order valence-electron chi connectivity index (χ0n) is 8.41. The van der Waals surface area contributed by atoms with E-state index in [0.29, 0.717) is 10.1 Å². The van der Waals surface area contributed by atoms with Crippen molar-refractivity contribution < 1.29 is 4.42 Å². The van der Waals surface area contributed by atoms with Gasteiger partial charge in [-0.05, 0) is 41.6 Å². The lowest BCUT2D eigenvalue weighted by Gasteiger charge is -2.03. The SMILES string of the molecule is Cc1ccc(Cn2cnc(Cl)c(I)c2=O)o1. The first kappa shape index (κ1) is 11.7. The lowest BCUT2D eigenvalue weighted by molar-refractivity contribution is 0.465. The molecule has 2 rings (SSSR count). The molecule has 0 spiro atoms. The van der Waals surface area contributed by atoms with Gasteiger partial charge in [0.1, 0.15) is 20.2 Å². The highest BCUT2D eigenvalue weighted by Crippen LogP contribution is 2.11. The molecule has 16 heavy (non-hydrogen) atoms. The van der Waals surface area contributed by atoms with E-state index in [1.807, 2.05) is 41.6 Å². The van der Waals surface area contributed by atoms with Gasteiger partial charge in [-0.25, -0.2) is 4.98 Å². The Bertz CT molecular complexity index is 576. The number of hydrogen-bond acceptors (Lipinski definition) is 3. The molecule has 2 aromatic rings. The third kappa shape index (κ3) is 2.30. The van der Waals surface area contributed by atoms with Gasteiger partial charge in [-0.15, -0.1) is 0 Å². The average Bonchev–Trinajstić information content (AvgIpc) is 2.65. The standard InChI is InChI=1S/C10H8ClIN2O2/c1-6-2-3-7(16-6)4-14-5-13-9(11)8(12)10(14)15/h2-3,5H,4H2,1H3. The summed E-state index contributed by atoms with van der Waals surface area (Å²) < 4.78 is 7.28. The highest BCUT2D eigenvalue weighted by Gasteiger charge is 2.08. The largest absolute Gasteiger partial charge is 0.464 e. The molecule has 0 aromatic carbocycles. The van der Waals surface area contributed by atoms with Crippen LogP contribution in [0, 0.1) is 10.5 Å². The topological polar surface area (TPSA) is 48.0 Å². The van der Waals surface area contributed by atoms with E-state index >= 15 is 0 Å². The van der Waals surface area contributed by atoms with Crippen LogP contribution < -0.4 is 5.56 Å². The molecular formula is C10H8ClIN2O2. The van der Waals surface area contributed by atoms with Gasteiger partial charge in [0.2, 0.25) is 0 Å². The van der Waals surface area contributed by atoms with Crippen molar-refractivity contribution in [2.45, 2.75) is 13.5 Å². The van der Waals surface area contributed by atoms with Gasteiger partial charge in [-0.3, -0.25) is 9.36 Å². The van der Waals surface area contributed by atoms with Crippen LogP contribution >= 0.6 is 34.2 Å². The number of nitrogens with zero attached hydrogens (tertiary/aromatic N) is 2. The zero-order valence-corrected chi connectivity index (χ0v) is 11.3. The smallest absolute Gasteiger partial charge is 0.268 e. The van der Waals surface area contributed by atoms with Crippen LogP contribution in [0.15, 0.2) is 27.7 Å². The molecule has 6 heteroatoms. The van der Waals surface area contributed by atoms with Crippen molar-refractivity contribution in [3.63, 3.8) is 0 Å². The van der Waals surface area contributed by atoms with Gasteiger partial charge < -0.3 is 4.42 Å². The minimum atomic E-state index is -0.158. The summed E-state index contributed by atoms with van der Waals surface area (Å²) in [5.41, 5.74) is -0.158. The number of rotatable bonds is 2. The Kier molecular flexibility index (Phi) is 3.34. The predicted octanol–water partition coefficient (Wildman–Crippen LogP) is 2.45. The Hall–Kier alpha value is -0.820. The minimum Gasteiger partial charge on any atom is -0.464 e. The quantitative estimate of drug-likeness (QED) is 0.617. The Labute approximate surface area is 110 Å². The molecule has 2 aromatic heterocycles. The van der Waals surface area contributed by atoms with Crippen LogP contribution in [0.25, 0.3) is 0 Å². The monoisotopic (exact) mass is 350 g/mol. The van der Waals surface area contributed by atoms with Crippen LogP contribution in [0.2, 0.25) is 5.15 Å². The van der Waals surface area contributed by atoms with E-state index in [2.05, 4.69) is 4.98 Å². The third-order valence-electron chi connectivity index (χ3n) is 2.06. The molecule has 0 bridgehead atoms. The fourth-order valence-corrected chi connectivity index (χ4v) is 1.87. The van der Waals surface area contributed by atoms with Gasteiger partial charge in [0.15, 0.2) is 0 Å². The number of hydrogen-bond donors (Lipinski definition) is 0. The first-order valence-electron chi connectivity index (χ1n) is 4.53. The van der Waals surface area contributed by atoms with Gasteiger partial charge in [0.05, 0.1) is 12.9 Å². The fraction of sp³-hybridized carbons (Fsp3) is 0.200. The molecule has 0 unspecified atom stereocenters. The number of furan rings is 1. The molecular weight excluding hydrogens is 342 g/mol. The summed E-state index contributed by atoms with van der Waals surface area (Å²) in [6.07, 6.45) is 1.42.